The maximum atomic E-state index is 12.6. The van der Waals surface area contributed by atoms with Gasteiger partial charge in [0.1, 0.15) is 12.5 Å². The van der Waals surface area contributed by atoms with E-state index in [-0.39, 0.29) is 24.6 Å². The van der Waals surface area contributed by atoms with Crippen molar-refractivity contribution in [1.82, 2.24) is 4.57 Å². The maximum absolute atomic E-state index is 12.6. The Balaban J connectivity index is 1.90. The summed E-state index contributed by atoms with van der Waals surface area (Å²) in [6.45, 7) is -0.0603. The Bertz CT molecular complexity index is 846. The summed E-state index contributed by atoms with van der Waals surface area (Å²) in [6.07, 6.45) is 1.54. The first-order valence-electron chi connectivity index (χ1n) is 6.95. The molecule has 0 aliphatic carbocycles. The van der Waals surface area contributed by atoms with Crippen LogP contribution in [0.2, 0.25) is 0 Å². The predicted molar refractivity (Wildman–Crippen MR) is 87.6 cm³/mol. The average molecular weight is 377 g/mol. The van der Waals surface area contributed by atoms with Gasteiger partial charge in [0.2, 0.25) is 5.91 Å². The minimum atomic E-state index is -0.965. The summed E-state index contributed by atoms with van der Waals surface area (Å²) in [5.74, 6) is -2.02. The lowest BCUT2D eigenvalue weighted by atomic mass is 10.0. The first kappa shape index (κ1) is 15.5. The summed E-state index contributed by atoms with van der Waals surface area (Å²) in [7, 11) is 0. The van der Waals surface area contributed by atoms with Crippen LogP contribution < -0.4 is 10.5 Å². The first-order chi connectivity index (χ1) is 11.0. The number of aromatic nitrogens is 1. The summed E-state index contributed by atoms with van der Waals surface area (Å²) >= 11 is 3.26. The number of halogens is 1. The largest absolute Gasteiger partial charge is 0.481 e. The Kier molecular flexibility index (Phi) is 4.04. The zero-order valence-electron chi connectivity index (χ0n) is 12.0. The van der Waals surface area contributed by atoms with Gasteiger partial charge in [-0.05, 0) is 33.6 Å². The molecule has 0 radical (unpaired) electrons. The lowest BCUT2D eigenvalue weighted by Gasteiger charge is -2.18. The number of pyridine rings is 1. The zero-order valence-corrected chi connectivity index (χ0v) is 13.6. The minimum absolute atomic E-state index is 0.0796. The van der Waals surface area contributed by atoms with Crippen LogP contribution in [0.25, 0.3) is 0 Å². The summed E-state index contributed by atoms with van der Waals surface area (Å²) in [4.78, 5) is 37.2. The molecule has 7 heteroatoms. The van der Waals surface area contributed by atoms with Crippen molar-refractivity contribution < 1.29 is 14.7 Å². The number of anilines is 1. The highest BCUT2D eigenvalue weighted by Gasteiger charge is 2.36. The van der Waals surface area contributed by atoms with Crippen LogP contribution in [0, 0.1) is 0 Å². The number of carbonyl (C=O) groups excluding carboxylic acids is 1. The summed E-state index contributed by atoms with van der Waals surface area (Å²) in [5.41, 5.74) is 0.923. The number of fused-ring (bicyclic) bond motifs is 1. The fourth-order valence-corrected chi connectivity index (χ4v) is 3.09. The Labute approximate surface area is 140 Å². The van der Waals surface area contributed by atoms with Crippen LogP contribution in [0.5, 0.6) is 0 Å². The number of carbonyl (C=O) groups is 2. The highest BCUT2D eigenvalue weighted by molar-refractivity contribution is 9.10. The molecule has 1 amide bonds. The van der Waals surface area contributed by atoms with E-state index in [1.165, 1.54) is 21.7 Å². The van der Waals surface area contributed by atoms with Gasteiger partial charge in [-0.15, -0.1) is 0 Å². The molecule has 0 spiro atoms. The molecule has 1 atom stereocenters. The van der Waals surface area contributed by atoms with Crippen LogP contribution in [-0.2, 0) is 16.1 Å². The molecule has 0 bridgehead atoms. The molecular weight excluding hydrogens is 364 g/mol. The van der Waals surface area contributed by atoms with Crippen LogP contribution >= 0.6 is 15.9 Å². The van der Waals surface area contributed by atoms with E-state index in [4.69, 9.17) is 0 Å². The number of carboxylic acid groups (broad SMARTS) is 1. The third-order valence-corrected chi connectivity index (χ3v) is 4.29. The monoisotopic (exact) mass is 376 g/mol. The number of benzene rings is 1. The molecule has 1 aliphatic rings. The fourth-order valence-electron chi connectivity index (χ4n) is 2.71. The van der Waals surface area contributed by atoms with Gasteiger partial charge in [-0.3, -0.25) is 14.4 Å². The van der Waals surface area contributed by atoms with Crippen LogP contribution in [0.15, 0.2) is 51.9 Å². The van der Waals surface area contributed by atoms with Crippen molar-refractivity contribution in [3.05, 3.63) is 63.0 Å². The standard InChI is InChI=1S/C16H13BrN2O4/c17-10-5-6-14(20)18(7-10)9-15(21)19-8-12(16(22)23)11-3-1-2-4-13(11)19/h1-7,12H,8-9H2,(H,22,23). The van der Waals surface area contributed by atoms with Gasteiger partial charge in [0.25, 0.3) is 5.56 Å². The van der Waals surface area contributed by atoms with E-state index >= 15 is 0 Å². The average Bonchev–Trinajstić information content (AvgIpc) is 2.91. The van der Waals surface area contributed by atoms with Gasteiger partial charge in [0, 0.05) is 29.0 Å². The maximum Gasteiger partial charge on any atom is 0.312 e. The second kappa shape index (κ2) is 6.00. The van der Waals surface area contributed by atoms with Gasteiger partial charge in [-0.2, -0.15) is 0 Å². The van der Waals surface area contributed by atoms with E-state index in [1.54, 1.807) is 30.3 Å². The predicted octanol–water partition coefficient (Wildman–Crippen LogP) is 1.83. The Hall–Kier alpha value is -2.41. The molecule has 0 saturated heterocycles. The number of para-hydroxylation sites is 1. The fraction of sp³-hybridized carbons (Fsp3) is 0.188. The lowest BCUT2D eigenvalue weighted by molar-refractivity contribution is -0.138. The SMILES string of the molecule is O=C(O)C1CN(C(=O)Cn2cc(Br)ccc2=O)c2ccccc21. The second-order valence-electron chi connectivity index (χ2n) is 5.27. The van der Waals surface area contributed by atoms with E-state index < -0.39 is 11.9 Å². The second-order valence-corrected chi connectivity index (χ2v) is 6.18. The number of amides is 1. The third kappa shape index (κ3) is 2.92. The molecule has 1 aromatic carbocycles. The quantitative estimate of drug-likeness (QED) is 0.885. The summed E-state index contributed by atoms with van der Waals surface area (Å²) in [5, 5.41) is 9.33. The molecule has 1 aromatic heterocycles. The molecule has 1 unspecified atom stereocenters. The van der Waals surface area contributed by atoms with Crippen LogP contribution in [0.4, 0.5) is 5.69 Å². The van der Waals surface area contributed by atoms with Gasteiger partial charge in [0.05, 0.1) is 0 Å². The Morgan fingerprint density at radius 1 is 1.22 bits per heavy atom. The van der Waals surface area contributed by atoms with Gasteiger partial charge < -0.3 is 14.6 Å². The van der Waals surface area contributed by atoms with Crippen molar-refractivity contribution >= 4 is 33.5 Å². The number of hydrogen-bond donors (Lipinski definition) is 1. The van der Waals surface area contributed by atoms with Crippen molar-refractivity contribution in [1.29, 1.82) is 0 Å². The third-order valence-electron chi connectivity index (χ3n) is 3.82. The molecule has 0 fully saturated rings. The van der Waals surface area contributed by atoms with Gasteiger partial charge in [-0.1, -0.05) is 18.2 Å². The molecule has 23 heavy (non-hydrogen) atoms. The van der Waals surface area contributed by atoms with Crippen LogP contribution in [0.3, 0.4) is 0 Å². The molecule has 2 heterocycles. The van der Waals surface area contributed by atoms with Crippen molar-refractivity contribution in [3.63, 3.8) is 0 Å². The number of hydrogen-bond acceptors (Lipinski definition) is 3. The lowest BCUT2D eigenvalue weighted by Crippen LogP contribution is -2.36. The van der Waals surface area contributed by atoms with Crippen LogP contribution in [0.1, 0.15) is 11.5 Å². The van der Waals surface area contributed by atoms with Gasteiger partial charge in [-0.25, -0.2) is 0 Å². The van der Waals surface area contributed by atoms with Crippen LogP contribution in [-0.4, -0.2) is 28.1 Å². The van der Waals surface area contributed by atoms with Gasteiger partial charge in [0.15, 0.2) is 0 Å². The summed E-state index contributed by atoms with van der Waals surface area (Å²) in [6, 6.07) is 9.92. The van der Waals surface area contributed by atoms with Gasteiger partial charge >= 0.3 is 5.97 Å². The molecule has 1 aliphatic heterocycles. The first-order valence-corrected chi connectivity index (χ1v) is 7.75. The van der Waals surface area contributed by atoms with E-state index in [1.807, 2.05) is 0 Å². The van der Waals surface area contributed by atoms with Crippen molar-refractivity contribution in [2.75, 3.05) is 11.4 Å². The van der Waals surface area contributed by atoms with E-state index in [0.717, 1.165) is 0 Å². The number of nitrogens with zero attached hydrogens (tertiary/aromatic N) is 2. The molecular formula is C16H13BrN2O4. The zero-order chi connectivity index (χ0) is 16.6. The molecule has 118 valence electrons. The minimum Gasteiger partial charge on any atom is -0.481 e. The van der Waals surface area contributed by atoms with Crippen molar-refractivity contribution in [3.8, 4) is 0 Å². The van der Waals surface area contributed by atoms with E-state index in [2.05, 4.69) is 15.9 Å². The van der Waals surface area contributed by atoms with E-state index in [0.29, 0.717) is 15.7 Å². The van der Waals surface area contributed by atoms with Crippen molar-refractivity contribution in [2.24, 2.45) is 0 Å². The molecule has 3 rings (SSSR count). The number of carboxylic acids is 1. The number of rotatable bonds is 3. The molecule has 1 N–H and O–H groups in total. The normalized spacial score (nSPS) is 16.2. The highest BCUT2D eigenvalue weighted by Crippen LogP contribution is 2.36. The van der Waals surface area contributed by atoms with Crippen molar-refractivity contribution in [2.45, 2.75) is 12.5 Å². The Morgan fingerprint density at radius 2 is 1.96 bits per heavy atom. The van der Waals surface area contributed by atoms with E-state index in [9.17, 15) is 19.5 Å². The summed E-state index contributed by atoms with van der Waals surface area (Å²) < 4.78 is 1.98. The number of aliphatic carboxylic acids is 1. The molecule has 6 nitrogen and oxygen atoms in total. The Morgan fingerprint density at radius 3 is 2.70 bits per heavy atom. The molecule has 0 saturated carbocycles. The smallest absolute Gasteiger partial charge is 0.312 e. The topological polar surface area (TPSA) is 79.6 Å². The molecule has 2 aromatic rings. The highest BCUT2D eigenvalue weighted by atomic mass is 79.9.